The molecule has 0 fully saturated rings. The lowest BCUT2D eigenvalue weighted by Gasteiger charge is -2.12. The molecule has 0 aliphatic heterocycles. The summed E-state index contributed by atoms with van der Waals surface area (Å²) in [6.45, 7) is 0. The quantitative estimate of drug-likeness (QED) is 0.912. The van der Waals surface area contributed by atoms with E-state index in [0.29, 0.717) is 12.8 Å². The molecule has 0 aromatic heterocycles. The molecule has 2 aromatic carbocycles. The topological polar surface area (TPSA) is 29.5 Å². The highest BCUT2D eigenvalue weighted by molar-refractivity contribution is 9.10. The van der Waals surface area contributed by atoms with Gasteiger partial charge in [-0.05, 0) is 42.2 Å². The van der Waals surface area contributed by atoms with Gasteiger partial charge in [0.05, 0.1) is 13.2 Å². The molecule has 2 aromatic rings. The number of methoxy groups -OCH3 is 1. The molecule has 0 amide bonds. The number of halogens is 1. The maximum absolute atomic E-state index is 10.2. The zero-order valence-corrected chi connectivity index (χ0v) is 12.4. The van der Waals surface area contributed by atoms with Crippen LogP contribution in [0.2, 0.25) is 0 Å². The van der Waals surface area contributed by atoms with Crippen molar-refractivity contribution in [2.24, 2.45) is 0 Å². The standard InChI is InChI=1S/C16H17BrO2/c1-19-15-7-4-5-12(10-15)9-14(18)11-13-6-2-3-8-16(13)17/h2-8,10,14,18H,9,11H2,1H3. The lowest BCUT2D eigenvalue weighted by atomic mass is 10.0. The second-order valence-corrected chi connectivity index (χ2v) is 5.36. The molecule has 2 rings (SSSR count). The zero-order valence-electron chi connectivity index (χ0n) is 10.8. The van der Waals surface area contributed by atoms with Crippen LogP contribution in [0, 0.1) is 0 Å². The first kappa shape index (κ1) is 14.1. The number of hydrogen-bond donors (Lipinski definition) is 1. The predicted molar refractivity (Wildman–Crippen MR) is 80.6 cm³/mol. The summed E-state index contributed by atoms with van der Waals surface area (Å²) in [5.41, 5.74) is 2.21. The van der Waals surface area contributed by atoms with Crippen LogP contribution in [-0.4, -0.2) is 18.3 Å². The van der Waals surface area contributed by atoms with Crippen LogP contribution in [-0.2, 0) is 12.8 Å². The van der Waals surface area contributed by atoms with E-state index in [2.05, 4.69) is 15.9 Å². The third-order valence-corrected chi connectivity index (χ3v) is 3.79. The van der Waals surface area contributed by atoms with Gasteiger partial charge in [0.25, 0.3) is 0 Å². The second-order valence-electron chi connectivity index (χ2n) is 4.51. The first-order chi connectivity index (χ1) is 9.19. The molecule has 3 heteroatoms. The number of aliphatic hydroxyl groups is 1. The number of aliphatic hydroxyl groups excluding tert-OH is 1. The van der Waals surface area contributed by atoms with E-state index in [1.54, 1.807) is 7.11 Å². The van der Waals surface area contributed by atoms with Gasteiger partial charge >= 0.3 is 0 Å². The minimum Gasteiger partial charge on any atom is -0.497 e. The van der Waals surface area contributed by atoms with Crippen molar-refractivity contribution in [1.82, 2.24) is 0 Å². The fourth-order valence-electron chi connectivity index (χ4n) is 2.06. The lowest BCUT2D eigenvalue weighted by molar-refractivity contribution is 0.175. The Bertz CT molecular complexity index is 540. The average Bonchev–Trinajstić information content (AvgIpc) is 2.41. The number of benzene rings is 2. The van der Waals surface area contributed by atoms with E-state index in [-0.39, 0.29) is 0 Å². The minimum absolute atomic E-state index is 0.397. The van der Waals surface area contributed by atoms with E-state index in [0.717, 1.165) is 21.3 Å². The van der Waals surface area contributed by atoms with Crippen molar-refractivity contribution in [3.63, 3.8) is 0 Å². The molecule has 0 bridgehead atoms. The average molecular weight is 321 g/mol. The molecule has 0 saturated carbocycles. The van der Waals surface area contributed by atoms with Crippen LogP contribution in [0.25, 0.3) is 0 Å². The highest BCUT2D eigenvalue weighted by Gasteiger charge is 2.09. The van der Waals surface area contributed by atoms with Gasteiger partial charge in [0.1, 0.15) is 5.75 Å². The minimum atomic E-state index is -0.397. The zero-order chi connectivity index (χ0) is 13.7. The highest BCUT2D eigenvalue weighted by Crippen LogP contribution is 2.20. The molecule has 19 heavy (non-hydrogen) atoms. The maximum atomic E-state index is 10.2. The summed E-state index contributed by atoms with van der Waals surface area (Å²) < 4.78 is 6.23. The van der Waals surface area contributed by atoms with E-state index >= 15 is 0 Å². The van der Waals surface area contributed by atoms with E-state index in [4.69, 9.17) is 4.74 Å². The first-order valence-electron chi connectivity index (χ1n) is 6.23. The van der Waals surface area contributed by atoms with Crippen LogP contribution in [0.3, 0.4) is 0 Å². The molecule has 1 N–H and O–H groups in total. The van der Waals surface area contributed by atoms with Crippen molar-refractivity contribution >= 4 is 15.9 Å². The normalized spacial score (nSPS) is 12.2. The fraction of sp³-hybridized carbons (Fsp3) is 0.250. The van der Waals surface area contributed by atoms with Crippen molar-refractivity contribution in [1.29, 1.82) is 0 Å². The third kappa shape index (κ3) is 4.08. The largest absolute Gasteiger partial charge is 0.497 e. The van der Waals surface area contributed by atoms with Gasteiger partial charge in [-0.2, -0.15) is 0 Å². The summed E-state index contributed by atoms with van der Waals surface area (Å²) in [6.07, 6.45) is 0.864. The van der Waals surface area contributed by atoms with Gasteiger partial charge < -0.3 is 9.84 Å². The Morgan fingerprint density at radius 2 is 1.89 bits per heavy atom. The Morgan fingerprint density at radius 3 is 2.63 bits per heavy atom. The van der Waals surface area contributed by atoms with Gasteiger partial charge in [-0.3, -0.25) is 0 Å². The molecule has 0 radical (unpaired) electrons. The van der Waals surface area contributed by atoms with Crippen LogP contribution in [0.5, 0.6) is 5.75 Å². The van der Waals surface area contributed by atoms with Gasteiger partial charge in [-0.1, -0.05) is 46.3 Å². The second kappa shape index (κ2) is 6.73. The van der Waals surface area contributed by atoms with Crippen molar-refractivity contribution in [2.75, 3.05) is 7.11 Å². The SMILES string of the molecule is COc1cccc(CC(O)Cc2ccccc2Br)c1. The third-order valence-electron chi connectivity index (χ3n) is 3.02. The Balaban J connectivity index is 2.01. The van der Waals surface area contributed by atoms with Gasteiger partial charge in [-0.25, -0.2) is 0 Å². The summed E-state index contributed by atoms with van der Waals surface area (Å²) in [5.74, 6) is 0.825. The summed E-state index contributed by atoms with van der Waals surface area (Å²) in [5, 5.41) is 10.2. The lowest BCUT2D eigenvalue weighted by Crippen LogP contribution is -2.14. The van der Waals surface area contributed by atoms with E-state index < -0.39 is 6.10 Å². The predicted octanol–water partition coefficient (Wildman–Crippen LogP) is 3.60. The van der Waals surface area contributed by atoms with Crippen LogP contribution in [0.15, 0.2) is 53.0 Å². The molecule has 0 saturated heterocycles. The number of hydrogen-bond acceptors (Lipinski definition) is 2. The van der Waals surface area contributed by atoms with Gasteiger partial charge in [0.15, 0.2) is 0 Å². The Morgan fingerprint density at radius 1 is 1.11 bits per heavy atom. The van der Waals surface area contributed by atoms with Gasteiger partial charge in [-0.15, -0.1) is 0 Å². The van der Waals surface area contributed by atoms with Gasteiger partial charge in [0.2, 0.25) is 0 Å². The first-order valence-corrected chi connectivity index (χ1v) is 7.02. The summed E-state index contributed by atoms with van der Waals surface area (Å²) in [6, 6.07) is 15.8. The number of ether oxygens (including phenoxy) is 1. The summed E-state index contributed by atoms with van der Waals surface area (Å²) >= 11 is 3.50. The molecule has 0 aliphatic carbocycles. The molecule has 0 aliphatic rings. The van der Waals surface area contributed by atoms with Crippen molar-refractivity contribution in [3.05, 3.63) is 64.1 Å². The monoisotopic (exact) mass is 320 g/mol. The van der Waals surface area contributed by atoms with Crippen molar-refractivity contribution in [3.8, 4) is 5.75 Å². The van der Waals surface area contributed by atoms with Crippen molar-refractivity contribution in [2.45, 2.75) is 18.9 Å². The smallest absolute Gasteiger partial charge is 0.119 e. The van der Waals surface area contributed by atoms with E-state index in [9.17, 15) is 5.11 Å². The van der Waals surface area contributed by atoms with Crippen molar-refractivity contribution < 1.29 is 9.84 Å². The molecule has 0 spiro atoms. The molecular weight excluding hydrogens is 304 g/mol. The molecule has 1 unspecified atom stereocenters. The Hall–Kier alpha value is -1.32. The summed E-state index contributed by atoms with van der Waals surface area (Å²) in [4.78, 5) is 0. The highest BCUT2D eigenvalue weighted by atomic mass is 79.9. The van der Waals surface area contributed by atoms with Gasteiger partial charge in [0, 0.05) is 4.47 Å². The maximum Gasteiger partial charge on any atom is 0.119 e. The Labute approximate surface area is 122 Å². The van der Waals surface area contributed by atoms with Crippen LogP contribution >= 0.6 is 15.9 Å². The van der Waals surface area contributed by atoms with Crippen LogP contribution in [0.4, 0.5) is 0 Å². The fourth-order valence-corrected chi connectivity index (χ4v) is 2.51. The van der Waals surface area contributed by atoms with E-state index in [1.165, 1.54) is 0 Å². The molecule has 1 atom stereocenters. The summed E-state index contributed by atoms with van der Waals surface area (Å²) in [7, 11) is 1.65. The molecule has 2 nitrogen and oxygen atoms in total. The van der Waals surface area contributed by atoms with Crippen LogP contribution in [0.1, 0.15) is 11.1 Å². The number of rotatable bonds is 5. The molecule has 100 valence electrons. The Kier molecular flexibility index (Phi) is 5.00. The molecule has 0 heterocycles. The van der Waals surface area contributed by atoms with E-state index in [1.807, 2.05) is 48.5 Å². The van der Waals surface area contributed by atoms with Crippen LogP contribution < -0.4 is 4.74 Å². The molecular formula is C16H17BrO2.